The third kappa shape index (κ3) is 10.5. The molecule has 38 heavy (non-hydrogen) atoms. The highest BCUT2D eigenvalue weighted by atomic mass is 35.6. The van der Waals surface area contributed by atoms with E-state index in [2.05, 4.69) is 10.6 Å². The molecule has 2 N–H and O–H groups in total. The van der Waals surface area contributed by atoms with Gasteiger partial charge in [0.05, 0.1) is 0 Å². The second-order valence-corrected chi connectivity index (χ2v) is 14.0. The van der Waals surface area contributed by atoms with E-state index in [-0.39, 0.29) is 0 Å². The Morgan fingerprint density at radius 2 is 1.11 bits per heavy atom. The van der Waals surface area contributed by atoms with E-state index in [1.807, 2.05) is 0 Å². The molecular weight excluding hydrogens is 691 g/mol. The third-order valence-corrected chi connectivity index (χ3v) is 6.89. The van der Waals surface area contributed by atoms with E-state index in [0.29, 0.717) is 21.4 Å². The maximum Gasteiger partial charge on any atom is 0.323 e. The molecule has 0 bridgehead atoms. The summed E-state index contributed by atoms with van der Waals surface area (Å²) in [5.74, 6) is 0. The van der Waals surface area contributed by atoms with Gasteiger partial charge in [0.2, 0.25) is 7.59 Å². The van der Waals surface area contributed by atoms with Crippen LogP contribution in [-0.2, 0) is 13.6 Å². The number of nitrogens with zero attached hydrogens (tertiary/aromatic N) is 2. The Morgan fingerprint density at radius 1 is 0.763 bits per heavy atom. The second kappa shape index (κ2) is 14.4. The number of urea groups is 2. The summed E-state index contributed by atoms with van der Waals surface area (Å²) in [6.07, 6.45) is -3.50. The molecule has 210 valence electrons. The van der Waals surface area contributed by atoms with Gasteiger partial charge >= 0.3 is 20.3 Å². The number of amides is 4. The minimum Gasteiger partial charge on any atom is -0.308 e. The normalized spacial score (nSPS) is 14.3. The lowest BCUT2D eigenvalue weighted by molar-refractivity contribution is 0.0289. The Kier molecular flexibility index (Phi) is 12.7. The fourth-order valence-electron chi connectivity index (χ4n) is 2.71. The highest BCUT2D eigenvalue weighted by Gasteiger charge is 2.44. The van der Waals surface area contributed by atoms with Gasteiger partial charge in [-0.15, -0.1) is 0 Å². The molecule has 0 aliphatic heterocycles. The van der Waals surface area contributed by atoms with Crippen LogP contribution in [0.2, 0.25) is 10.0 Å². The number of nitrogens with one attached hydrogen (secondary N) is 2. The van der Waals surface area contributed by atoms with Crippen molar-refractivity contribution in [3.05, 3.63) is 58.6 Å². The molecule has 0 spiro atoms. The van der Waals surface area contributed by atoms with Crippen molar-refractivity contribution in [3.8, 4) is 0 Å². The zero-order valence-corrected chi connectivity index (χ0v) is 26.3. The monoisotopic (exact) mass is 706 g/mol. The van der Waals surface area contributed by atoms with E-state index in [9.17, 15) is 14.2 Å². The summed E-state index contributed by atoms with van der Waals surface area (Å²) in [6, 6.07) is 10.8. The standard InChI is InChI=1S/C20H19Cl8N4O5P/c1-31(17(33)29-13-7-3-5-11(21)9-13)15(19(23,24)25)36-38(35)37-16(20(26,27)28)32(2)18(34)30-14-8-4-6-12(22)10-14/h3-10,15-16,38H,1-2H3,(H,29,33)(H,30,34). The Morgan fingerprint density at radius 3 is 1.39 bits per heavy atom. The number of halogens is 8. The number of hydrogen-bond acceptors (Lipinski definition) is 5. The van der Waals surface area contributed by atoms with Crippen molar-refractivity contribution in [1.29, 1.82) is 0 Å². The van der Waals surface area contributed by atoms with Crippen LogP contribution in [0.25, 0.3) is 0 Å². The third-order valence-electron chi connectivity index (χ3n) is 4.47. The molecule has 2 aromatic rings. The van der Waals surface area contributed by atoms with Crippen molar-refractivity contribution in [3.63, 3.8) is 0 Å². The molecule has 0 aliphatic rings. The van der Waals surface area contributed by atoms with Gasteiger partial charge in [0.25, 0.3) is 0 Å². The number of anilines is 2. The van der Waals surface area contributed by atoms with Crippen molar-refractivity contribution in [1.82, 2.24) is 9.80 Å². The zero-order valence-electron chi connectivity index (χ0n) is 19.2. The Labute approximate surface area is 259 Å². The van der Waals surface area contributed by atoms with Crippen LogP contribution < -0.4 is 10.6 Å². The molecule has 0 saturated heterocycles. The van der Waals surface area contributed by atoms with Crippen LogP contribution in [0.15, 0.2) is 48.5 Å². The maximum atomic E-state index is 12.9. The topological polar surface area (TPSA) is 100 Å². The lowest BCUT2D eigenvalue weighted by atomic mass is 10.3. The van der Waals surface area contributed by atoms with E-state index < -0.39 is 40.4 Å². The maximum absolute atomic E-state index is 12.9. The van der Waals surface area contributed by atoms with E-state index in [0.717, 1.165) is 9.80 Å². The summed E-state index contributed by atoms with van der Waals surface area (Å²) in [6.45, 7) is 0. The summed E-state index contributed by atoms with van der Waals surface area (Å²) in [5, 5.41) is 5.75. The van der Waals surface area contributed by atoms with E-state index in [1.54, 1.807) is 36.4 Å². The average Bonchev–Trinajstić information content (AvgIpc) is 2.78. The van der Waals surface area contributed by atoms with Crippen LogP contribution in [0, 0.1) is 0 Å². The predicted molar refractivity (Wildman–Crippen MR) is 156 cm³/mol. The number of hydrogen-bond donors (Lipinski definition) is 2. The van der Waals surface area contributed by atoms with E-state index >= 15 is 0 Å². The van der Waals surface area contributed by atoms with Gasteiger partial charge in [-0.25, -0.2) is 9.59 Å². The van der Waals surface area contributed by atoms with Gasteiger partial charge in [-0.3, -0.25) is 23.4 Å². The van der Waals surface area contributed by atoms with Gasteiger partial charge < -0.3 is 10.6 Å². The van der Waals surface area contributed by atoms with Gasteiger partial charge in [-0.05, 0) is 36.4 Å². The van der Waals surface area contributed by atoms with Crippen LogP contribution in [0.1, 0.15) is 0 Å². The van der Waals surface area contributed by atoms with Gasteiger partial charge in [0, 0.05) is 35.5 Å². The minimum absolute atomic E-state index is 0.324. The van der Waals surface area contributed by atoms with Gasteiger partial charge in [0.1, 0.15) is 0 Å². The number of rotatable bonds is 8. The molecule has 0 saturated carbocycles. The van der Waals surface area contributed by atoms with Gasteiger partial charge in [-0.2, -0.15) is 0 Å². The van der Waals surface area contributed by atoms with Gasteiger partial charge in [-0.1, -0.05) is 105 Å². The van der Waals surface area contributed by atoms with Crippen molar-refractivity contribution in [2.45, 2.75) is 20.0 Å². The largest absolute Gasteiger partial charge is 0.323 e. The Balaban J connectivity index is 2.16. The van der Waals surface area contributed by atoms with Crippen LogP contribution in [0.4, 0.5) is 21.0 Å². The highest BCUT2D eigenvalue weighted by molar-refractivity contribution is 7.33. The minimum atomic E-state index is -3.71. The van der Waals surface area contributed by atoms with Crippen molar-refractivity contribution >= 4 is 124 Å². The fourth-order valence-corrected chi connectivity index (χ4v) is 5.77. The summed E-state index contributed by atoms with van der Waals surface area (Å²) < 4.78 is 18.8. The molecule has 0 aromatic heterocycles. The molecule has 0 radical (unpaired) electrons. The summed E-state index contributed by atoms with van der Waals surface area (Å²) >= 11 is 47.7. The Hall–Kier alpha value is -0.550. The first-order valence-electron chi connectivity index (χ1n) is 10.1. The Bertz CT molecular complexity index is 1080. The first kappa shape index (κ1) is 33.7. The highest BCUT2D eigenvalue weighted by Crippen LogP contribution is 2.44. The summed E-state index contributed by atoms with van der Waals surface area (Å²) in [7, 11) is -1.29. The smallest absolute Gasteiger partial charge is 0.308 e. The number of alkyl halides is 6. The second-order valence-electron chi connectivity index (χ2n) is 7.38. The van der Waals surface area contributed by atoms with E-state index in [4.69, 9.17) is 102 Å². The van der Waals surface area contributed by atoms with E-state index in [1.165, 1.54) is 26.2 Å². The lowest BCUT2D eigenvalue weighted by Crippen LogP contribution is -2.49. The molecule has 2 atom stereocenters. The van der Waals surface area contributed by atoms with Crippen molar-refractivity contribution in [2.75, 3.05) is 24.7 Å². The van der Waals surface area contributed by atoms with Crippen LogP contribution in [0.3, 0.4) is 0 Å². The first-order valence-corrected chi connectivity index (χ1v) is 14.3. The van der Waals surface area contributed by atoms with Crippen LogP contribution >= 0.6 is 101 Å². The SMILES string of the molecule is CN(C(=O)Nc1cccc(Cl)c1)C(O[PH](=O)OC(N(C)C(=O)Nc1cccc(Cl)c1)C(Cl)(Cl)Cl)C(Cl)(Cl)Cl. The molecule has 0 heterocycles. The quantitative estimate of drug-likeness (QED) is 0.163. The predicted octanol–water partition coefficient (Wildman–Crippen LogP) is 8.44. The van der Waals surface area contributed by atoms with Crippen LogP contribution in [0.5, 0.6) is 0 Å². The molecule has 9 nitrogen and oxygen atoms in total. The van der Waals surface area contributed by atoms with Crippen LogP contribution in [-0.4, -0.2) is 56.0 Å². The van der Waals surface area contributed by atoms with Gasteiger partial charge in [0.15, 0.2) is 12.5 Å². The zero-order chi connectivity index (χ0) is 28.8. The number of carbonyl (C=O) groups is 2. The molecule has 2 aromatic carbocycles. The first-order chi connectivity index (χ1) is 17.5. The summed E-state index contributed by atoms with van der Waals surface area (Å²) in [5.41, 5.74) is 0.648. The number of carbonyl (C=O) groups excluding carboxylic acids is 2. The molecule has 0 fully saturated rings. The van der Waals surface area contributed by atoms with Crippen molar-refractivity contribution in [2.24, 2.45) is 0 Å². The summed E-state index contributed by atoms with van der Waals surface area (Å²) in [4.78, 5) is 27.1. The molecule has 18 heteroatoms. The van der Waals surface area contributed by atoms with Crippen molar-refractivity contribution < 1.29 is 23.2 Å². The molecular formula is C20H19Cl8N4O5P. The average molecular weight is 710 g/mol. The molecule has 4 amide bonds. The molecule has 2 rings (SSSR count). The molecule has 2 unspecified atom stereocenters. The fraction of sp³-hybridized carbons (Fsp3) is 0.300. The molecule has 0 aliphatic carbocycles. The number of benzene rings is 2. The lowest BCUT2D eigenvalue weighted by Gasteiger charge is -2.35.